The molecule has 0 saturated carbocycles. The molecule has 1 amide bonds. The summed E-state index contributed by atoms with van der Waals surface area (Å²) in [5, 5.41) is 23.9. The lowest BCUT2D eigenvalue weighted by Crippen LogP contribution is -2.52. The average Bonchev–Trinajstić information content (AvgIpc) is 3.90. The van der Waals surface area contributed by atoms with Crippen LogP contribution in [0.15, 0.2) is 77.7 Å². The smallest absolute Gasteiger partial charge is 0.407 e. The minimum Gasteiger partial charge on any atom is -0.489 e. The van der Waals surface area contributed by atoms with Gasteiger partial charge in [-0.05, 0) is 66.5 Å². The molecule has 2 saturated heterocycles. The number of hydrogen-bond donors (Lipinski definition) is 2. The summed E-state index contributed by atoms with van der Waals surface area (Å²) in [5.41, 5.74) is 1.25. The molecule has 2 fully saturated rings. The number of aliphatic hydroxyl groups excluding tert-OH is 1. The van der Waals surface area contributed by atoms with Gasteiger partial charge in [-0.3, -0.25) is 0 Å². The molecule has 3 aliphatic heterocycles. The molecular formula is C39H47N3O10S. The summed E-state index contributed by atoms with van der Waals surface area (Å²) in [5.74, 6) is 1.31. The van der Waals surface area contributed by atoms with E-state index in [1.165, 1.54) is 16.4 Å². The molecule has 5 atom stereocenters. The van der Waals surface area contributed by atoms with Gasteiger partial charge in [0.1, 0.15) is 18.5 Å². The van der Waals surface area contributed by atoms with E-state index in [1.54, 1.807) is 6.07 Å². The molecule has 14 heteroatoms. The third-order valence-corrected chi connectivity index (χ3v) is 11.6. The van der Waals surface area contributed by atoms with Crippen LogP contribution in [0.5, 0.6) is 17.2 Å². The molecule has 0 bridgehead atoms. The first kappa shape index (κ1) is 38.3. The number of nitriles is 1. The molecule has 3 aromatic carbocycles. The second kappa shape index (κ2) is 17.2. The molecule has 0 unspecified atom stereocenters. The molecule has 3 aliphatic rings. The van der Waals surface area contributed by atoms with E-state index in [0.29, 0.717) is 56.1 Å². The number of sulfonamides is 1. The van der Waals surface area contributed by atoms with E-state index in [0.717, 1.165) is 11.1 Å². The highest BCUT2D eigenvalue weighted by atomic mass is 32.2. The number of aliphatic hydroxyl groups is 1. The Morgan fingerprint density at radius 3 is 2.60 bits per heavy atom. The third-order valence-electron chi connectivity index (χ3n) is 9.76. The van der Waals surface area contributed by atoms with Gasteiger partial charge in [0, 0.05) is 25.6 Å². The number of amides is 1. The number of nitrogens with zero attached hydrogens (tertiary/aromatic N) is 2. The fourth-order valence-electron chi connectivity index (χ4n) is 6.84. The Hall–Kier alpha value is -4.39. The number of unbranched alkanes of at least 4 members (excludes halogenated alkanes) is 1. The van der Waals surface area contributed by atoms with Gasteiger partial charge in [0.2, 0.25) is 16.8 Å². The highest BCUT2D eigenvalue weighted by Crippen LogP contribution is 2.36. The topological polar surface area (TPSA) is 166 Å². The van der Waals surface area contributed by atoms with E-state index >= 15 is 0 Å². The molecule has 0 aliphatic carbocycles. The van der Waals surface area contributed by atoms with Crippen LogP contribution in [-0.2, 0) is 37.3 Å². The second-order valence-electron chi connectivity index (χ2n) is 14.4. The summed E-state index contributed by atoms with van der Waals surface area (Å²) in [6.07, 6.45) is -0.682. The number of carbonyl (C=O) groups excluding carboxylic acids is 1. The fraction of sp³-hybridized carbons (Fsp3) is 0.487. The van der Waals surface area contributed by atoms with Gasteiger partial charge in [-0.15, -0.1) is 0 Å². The molecule has 53 heavy (non-hydrogen) atoms. The minimum absolute atomic E-state index is 0.0157. The number of benzene rings is 3. The summed E-state index contributed by atoms with van der Waals surface area (Å²) in [6, 6.07) is 22.7. The normalized spacial score (nSPS) is 20.4. The molecule has 0 spiro atoms. The standard InChI is InChI=1S/C39H47N3O10S/c1-39(2,17-6-7-18-40)25-42(53(45,46)30-14-15-34-35(21-30)51-26-50-34)22-33(43)32(41-38(44)52-36-24-49-37-31(36)16-19-47-37)20-27-10-12-29(13-11-27)48-23-28-8-4-3-5-9-28/h3-5,8-15,21,31-33,36-37,43H,6-7,16-17,19-20,22-26H2,1-2H3,(H,41,44)/t31-,32-,33+,36-,37+/m0/s1. The predicted molar refractivity (Wildman–Crippen MR) is 192 cm³/mol. The number of carbonyl (C=O) groups is 1. The van der Waals surface area contributed by atoms with Gasteiger partial charge in [0.15, 0.2) is 17.8 Å². The van der Waals surface area contributed by atoms with Crippen molar-refractivity contribution in [3.05, 3.63) is 83.9 Å². The maximum absolute atomic E-state index is 14.3. The van der Waals surface area contributed by atoms with Gasteiger partial charge >= 0.3 is 6.09 Å². The molecular weight excluding hydrogens is 703 g/mol. The van der Waals surface area contributed by atoms with E-state index < -0.39 is 46.1 Å². The summed E-state index contributed by atoms with van der Waals surface area (Å²) in [7, 11) is -4.20. The molecule has 3 heterocycles. The summed E-state index contributed by atoms with van der Waals surface area (Å²) in [4.78, 5) is 13.4. The van der Waals surface area contributed by atoms with Gasteiger partial charge in [-0.25, -0.2) is 13.2 Å². The van der Waals surface area contributed by atoms with Crippen molar-refractivity contribution in [1.82, 2.24) is 9.62 Å². The number of fused-ring (bicyclic) bond motifs is 2. The van der Waals surface area contributed by atoms with Crippen LogP contribution in [-0.4, -0.2) is 81.6 Å². The Balaban J connectivity index is 1.22. The molecule has 6 rings (SSSR count). The van der Waals surface area contributed by atoms with E-state index in [2.05, 4.69) is 11.4 Å². The van der Waals surface area contributed by atoms with E-state index in [4.69, 9.17) is 33.7 Å². The third kappa shape index (κ3) is 9.98. The van der Waals surface area contributed by atoms with Crippen molar-refractivity contribution in [1.29, 1.82) is 5.26 Å². The Labute approximate surface area is 310 Å². The van der Waals surface area contributed by atoms with Crippen molar-refractivity contribution in [3.63, 3.8) is 0 Å². The van der Waals surface area contributed by atoms with Crippen LogP contribution in [0.1, 0.15) is 50.7 Å². The lowest BCUT2D eigenvalue weighted by molar-refractivity contribution is -0.0907. The van der Waals surface area contributed by atoms with Crippen molar-refractivity contribution >= 4 is 16.1 Å². The van der Waals surface area contributed by atoms with E-state index in [9.17, 15) is 18.3 Å². The Bertz CT molecular complexity index is 1830. The predicted octanol–water partition coefficient (Wildman–Crippen LogP) is 5.16. The second-order valence-corrected chi connectivity index (χ2v) is 16.3. The Morgan fingerprint density at radius 1 is 1.06 bits per heavy atom. The SMILES string of the molecule is CC(C)(CCCC#N)CN(C[C@@H](O)[C@H](Cc1ccc(OCc2ccccc2)cc1)NC(=O)O[C@H]1CO[C@H]2OCC[C@H]21)S(=O)(=O)c1ccc2c(c1)OCO2. The zero-order valence-corrected chi connectivity index (χ0v) is 30.8. The van der Waals surface area contributed by atoms with Crippen LogP contribution in [0.2, 0.25) is 0 Å². The van der Waals surface area contributed by atoms with Gasteiger partial charge in [0.05, 0.1) is 42.2 Å². The van der Waals surface area contributed by atoms with E-state index in [1.807, 2.05) is 68.4 Å². The van der Waals surface area contributed by atoms with Gasteiger partial charge in [0.25, 0.3) is 0 Å². The van der Waals surface area contributed by atoms with Crippen LogP contribution < -0.4 is 19.5 Å². The van der Waals surface area contributed by atoms with Crippen molar-refractivity contribution in [2.24, 2.45) is 11.3 Å². The van der Waals surface area contributed by atoms with Crippen LogP contribution in [0.3, 0.4) is 0 Å². The Kier molecular flexibility index (Phi) is 12.4. The number of nitrogens with one attached hydrogen (secondary N) is 1. The zero-order valence-electron chi connectivity index (χ0n) is 30.0. The number of hydrogen-bond acceptors (Lipinski definition) is 11. The van der Waals surface area contributed by atoms with Crippen molar-refractivity contribution in [2.75, 3.05) is 33.1 Å². The van der Waals surface area contributed by atoms with Crippen molar-refractivity contribution in [3.8, 4) is 23.3 Å². The highest BCUT2D eigenvalue weighted by Gasteiger charge is 2.44. The fourth-order valence-corrected chi connectivity index (χ4v) is 8.51. The number of alkyl carbamates (subject to hydrolysis) is 1. The first-order valence-electron chi connectivity index (χ1n) is 17.9. The Morgan fingerprint density at radius 2 is 1.83 bits per heavy atom. The quantitative estimate of drug-likeness (QED) is 0.175. The van der Waals surface area contributed by atoms with E-state index in [-0.39, 0.29) is 43.7 Å². The minimum atomic E-state index is -4.20. The summed E-state index contributed by atoms with van der Waals surface area (Å²) in [6.45, 7) is 4.65. The molecule has 284 valence electrons. The first-order chi connectivity index (χ1) is 25.5. The van der Waals surface area contributed by atoms with Crippen LogP contribution in [0.25, 0.3) is 0 Å². The van der Waals surface area contributed by atoms with Crippen LogP contribution in [0.4, 0.5) is 4.79 Å². The summed E-state index contributed by atoms with van der Waals surface area (Å²) >= 11 is 0. The van der Waals surface area contributed by atoms with Gasteiger partial charge in [-0.1, -0.05) is 56.3 Å². The van der Waals surface area contributed by atoms with Crippen LogP contribution >= 0.6 is 0 Å². The molecule has 13 nitrogen and oxygen atoms in total. The molecule has 3 aromatic rings. The maximum Gasteiger partial charge on any atom is 0.407 e. The molecule has 2 N–H and O–H groups in total. The molecule has 0 aromatic heterocycles. The van der Waals surface area contributed by atoms with Gasteiger partial charge in [-0.2, -0.15) is 9.57 Å². The zero-order chi connectivity index (χ0) is 37.4. The van der Waals surface area contributed by atoms with Crippen molar-refractivity contribution < 1.29 is 46.7 Å². The lowest BCUT2D eigenvalue weighted by atomic mass is 9.87. The molecule has 0 radical (unpaired) electrons. The lowest BCUT2D eigenvalue weighted by Gasteiger charge is -2.35. The first-order valence-corrected chi connectivity index (χ1v) is 19.4. The largest absolute Gasteiger partial charge is 0.489 e. The summed E-state index contributed by atoms with van der Waals surface area (Å²) < 4.78 is 63.7. The van der Waals surface area contributed by atoms with Gasteiger partial charge < -0.3 is 38.8 Å². The van der Waals surface area contributed by atoms with Crippen LogP contribution in [0, 0.1) is 22.7 Å². The monoisotopic (exact) mass is 749 g/mol. The average molecular weight is 750 g/mol. The number of ether oxygens (including phenoxy) is 6. The number of rotatable bonds is 17. The highest BCUT2D eigenvalue weighted by molar-refractivity contribution is 7.89. The maximum atomic E-state index is 14.3. The van der Waals surface area contributed by atoms with Crippen molar-refractivity contribution in [2.45, 2.75) is 82.0 Å².